The number of aromatic nitrogens is 1. The van der Waals surface area contributed by atoms with Gasteiger partial charge < -0.3 is 34.2 Å². The summed E-state index contributed by atoms with van der Waals surface area (Å²) in [5.41, 5.74) is 0.542. The molecule has 4 rings (SSSR count). The summed E-state index contributed by atoms with van der Waals surface area (Å²) < 4.78 is 46.9. The summed E-state index contributed by atoms with van der Waals surface area (Å²) in [7, 11) is -2.32. The number of hydrogen-bond acceptors (Lipinski definition) is 9. The number of sulfonamides is 1. The van der Waals surface area contributed by atoms with Gasteiger partial charge in [-0.25, -0.2) is 13.2 Å². The van der Waals surface area contributed by atoms with Crippen molar-refractivity contribution in [2.24, 2.45) is 5.92 Å². The lowest BCUT2D eigenvalue weighted by Gasteiger charge is -2.36. The zero-order chi connectivity index (χ0) is 35.0. The Bertz CT molecular complexity index is 1470. The summed E-state index contributed by atoms with van der Waals surface area (Å²) in [5.74, 6) is -0.180. The topological polar surface area (TPSA) is 164 Å². The molecule has 13 nitrogen and oxygen atoms in total. The predicted octanol–water partition coefficient (Wildman–Crippen LogP) is 4.86. The Hall–Kier alpha value is -3.36. The molecule has 2 aromatic rings. The van der Waals surface area contributed by atoms with Gasteiger partial charge in [0.1, 0.15) is 11.4 Å². The minimum absolute atomic E-state index is 0.0634. The van der Waals surface area contributed by atoms with E-state index in [1.54, 1.807) is 42.8 Å². The molecule has 1 aromatic carbocycles. The molecule has 1 aliphatic carbocycles. The van der Waals surface area contributed by atoms with Gasteiger partial charge in [-0.3, -0.25) is 9.52 Å². The molecule has 268 valence electrons. The summed E-state index contributed by atoms with van der Waals surface area (Å²) in [6, 6.07) is 4.08. The van der Waals surface area contributed by atoms with Gasteiger partial charge in [-0.05, 0) is 78.0 Å². The molecule has 1 saturated carbocycles. The van der Waals surface area contributed by atoms with Crippen LogP contribution >= 0.6 is 0 Å². The number of aliphatic hydroxyl groups excluding tert-OH is 1. The van der Waals surface area contributed by atoms with Gasteiger partial charge >= 0.3 is 6.03 Å². The number of nitrogens with zero attached hydrogens (tertiary/aromatic N) is 3. The number of anilines is 1. The molecule has 1 fully saturated rings. The minimum atomic E-state index is -4.08. The van der Waals surface area contributed by atoms with Crippen LogP contribution in [0.4, 0.5) is 10.5 Å². The van der Waals surface area contributed by atoms with Crippen LogP contribution in [0.25, 0.3) is 0 Å². The Morgan fingerprint density at radius 2 is 1.83 bits per heavy atom. The van der Waals surface area contributed by atoms with Crippen molar-refractivity contribution in [1.82, 2.24) is 20.3 Å². The Labute approximate surface area is 284 Å². The first-order chi connectivity index (χ1) is 22.8. The maximum Gasteiger partial charge on any atom is 0.317 e. The van der Waals surface area contributed by atoms with Gasteiger partial charge in [-0.15, -0.1) is 0 Å². The van der Waals surface area contributed by atoms with E-state index in [4.69, 9.17) is 14.0 Å². The zero-order valence-corrected chi connectivity index (χ0v) is 30.0. The smallest absolute Gasteiger partial charge is 0.317 e. The highest BCUT2D eigenvalue weighted by atomic mass is 32.2. The largest absolute Gasteiger partial charge is 0.490 e. The maximum absolute atomic E-state index is 14.4. The molecule has 0 bridgehead atoms. The van der Waals surface area contributed by atoms with Gasteiger partial charge in [0, 0.05) is 44.4 Å². The zero-order valence-electron chi connectivity index (χ0n) is 29.2. The van der Waals surface area contributed by atoms with Gasteiger partial charge in [0.15, 0.2) is 10.7 Å². The van der Waals surface area contributed by atoms with Crippen LogP contribution < -0.4 is 14.8 Å². The van der Waals surface area contributed by atoms with Crippen LogP contribution in [-0.2, 0) is 14.8 Å². The maximum atomic E-state index is 14.4. The Balaban J connectivity index is 1.62. The third kappa shape index (κ3) is 9.63. The molecule has 2 aliphatic rings. The van der Waals surface area contributed by atoms with Crippen molar-refractivity contribution in [1.29, 1.82) is 0 Å². The van der Waals surface area contributed by atoms with Crippen molar-refractivity contribution in [2.75, 3.05) is 38.1 Å². The highest BCUT2D eigenvalue weighted by molar-refractivity contribution is 7.92. The average molecular weight is 692 g/mol. The number of ether oxygens (including phenoxy) is 2. The number of urea groups is 1. The monoisotopic (exact) mass is 691 g/mol. The van der Waals surface area contributed by atoms with Gasteiger partial charge in [0.05, 0.1) is 30.4 Å². The number of rotatable bonds is 8. The van der Waals surface area contributed by atoms with Gasteiger partial charge in [0.2, 0.25) is 0 Å². The number of likely N-dealkylation sites (N-methyl/N-ethyl adjacent to an activating group) is 1. The van der Waals surface area contributed by atoms with Crippen molar-refractivity contribution >= 4 is 27.6 Å². The Morgan fingerprint density at radius 3 is 2.50 bits per heavy atom. The van der Waals surface area contributed by atoms with E-state index in [1.807, 2.05) is 13.8 Å². The quantitative estimate of drug-likeness (QED) is 0.351. The summed E-state index contributed by atoms with van der Waals surface area (Å²) >= 11 is 0. The molecule has 4 atom stereocenters. The van der Waals surface area contributed by atoms with Crippen LogP contribution in [-0.4, -0.2) is 98.1 Å². The van der Waals surface area contributed by atoms with E-state index in [2.05, 4.69) is 15.2 Å². The highest BCUT2D eigenvalue weighted by Gasteiger charge is 2.32. The third-order valence-electron chi connectivity index (χ3n) is 9.27. The normalized spacial score (nSPS) is 22.6. The van der Waals surface area contributed by atoms with E-state index in [-0.39, 0.29) is 71.0 Å². The molecule has 0 saturated heterocycles. The van der Waals surface area contributed by atoms with E-state index < -0.39 is 22.0 Å². The fraction of sp³-hybridized carbons (Fsp3) is 0.676. The molecule has 48 heavy (non-hydrogen) atoms. The van der Waals surface area contributed by atoms with Crippen molar-refractivity contribution in [3.63, 3.8) is 0 Å². The molecular weight excluding hydrogens is 638 g/mol. The van der Waals surface area contributed by atoms with Crippen LogP contribution in [0.15, 0.2) is 27.6 Å². The summed E-state index contributed by atoms with van der Waals surface area (Å²) in [4.78, 5) is 30.7. The van der Waals surface area contributed by atoms with Crippen LogP contribution in [0.5, 0.6) is 5.75 Å². The lowest BCUT2D eigenvalue weighted by atomic mass is 9.96. The van der Waals surface area contributed by atoms with Crippen LogP contribution in [0.1, 0.15) is 93.9 Å². The predicted molar refractivity (Wildman–Crippen MR) is 182 cm³/mol. The van der Waals surface area contributed by atoms with Crippen molar-refractivity contribution in [2.45, 2.75) is 115 Å². The van der Waals surface area contributed by atoms with Gasteiger partial charge in [0.25, 0.3) is 15.9 Å². The van der Waals surface area contributed by atoms with Crippen molar-refractivity contribution in [3.8, 4) is 5.75 Å². The SMILES string of the molecule is Cc1noc(C)c1S(=O)(=O)Nc1ccc2c(c1)C(=O)N([C@H](C)CO)C[C@H](C)[C@@H](CN(C)C(=O)NC1CCCCC1)OCCCC[C@H](C)O2. The molecule has 0 spiro atoms. The standard InChI is InChI=1S/C34H53N5O8S/c1-22-19-39(23(2)21-40)33(41)29-18-28(37-48(43,44)32-25(4)36-47-26(32)5)15-16-30(29)46-24(3)12-10-11-17-45-31(22)20-38(6)34(42)35-27-13-8-7-9-14-27/h15-16,18,22-24,27,31,37,40H,7-14,17,19-21H2,1-6H3,(H,35,42)/t22-,23+,24-,31+/m0/s1. The van der Waals surface area contributed by atoms with Gasteiger partial charge in [-0.2, -0.15) is 0 Å². The van der Waals surface area contributed by atoms with Crippen molar-refractivity contribution < 1.29 is 37.1 Å². The van der Waals surface area contributed by atoms with E-state index in [1.165, 1.54) is 19.4 Å². The summed E-state index contributed by atoms with van der Waals surface area (Å²) in [6.45, 7) is 9.46. The number of aryl methyl sites for hydroxylation is 2. The number of carbonyl (C=O) groups excluding carboxylic acids is 2. The number of nitrogens with one attached hydrogen (secondary N) is 2. The first kappa shape index (κ1) is 37.5. The van der Waals surface area contributed by atoms with Crippen LogP contribution in [0, 0.1) is 19.8 Å². The third-order valence-corrected chi connectivity index (χ3v) is 10.9. The number of amides is 3. The minimum Gasteiger partial charge on any atom is -0.490 e. The molecule has 3 N–H and O–H groups in total. The molecule has 14 heteroatoms. The molecule has 0 unspecified atom stereocenters. The second-order valence-electron chi connectivity index (χ2n) is 13.4. The fourth-order valence-electron chi connectivity index (χ4n) is 6.40. The van der Waals surface area contributed by atoms with E-state index >= 15 is 0 Å². The first-order valence-electron chi connectivity index (χ1n) is 17.1. The number of fused-ring (bicyclic) bond motifs is 1. The fourth-order valence-corrected chi connectivity index (χ4v) is 7.78. The average Bonchev–Trinajstić information content (AvgIpc) is 3.40. The molecule has 2 heterocycles. The second kappa shape index (κ2) is 16.8. The van der Waals surface area contributed by atoms with Crippen LogP contribution in [0.2, 0.25) is 0 Å². The number of carbonyl (C=O) groups is 2. The number of aliphatic hydroxyl groups is 1. The van der Waals surface area contributed by atoms with Gasteiger partial charge in [-0.1, -0.05) is 31.3 Å². The Kier molecular flexibility index (Phi) is 13.1. The van der Waals surface area contributed by atoms with E-state index in [9.17, 15) is 23.1 Å². The summed E-state index contributed by atoms with van der Waals surface area (Å²) in [5, 5.41) is 17.2. The molecule has 1 aromatic heterocycles. The number of hydrogen-bond donors (Lipinski definition) is 3. The molecule has 0 radical (unpaired) electrons. The number of benzene rings is 1. The lowest BCUT2D eigenvalue weighted by molar-refractivity contribution is -0.0123. The molecular formula is C34H53N5O8S. The van der Waals surface area contributed by atoms with Crippen LogP contribution in [0.3, 0.4) is 0 Å². The van der Waals surface area contributed by atoms with E-state index in [0.717, 1.165) is 38.5 Å². The molecule has 3 amide bonds. The highest BCUT2D eigenvalue weighted by Crippen LogP contribution is 2.30. The summed E-state index contributed by atoms with van der Waals surface area (Å²) in [6.07, 6.45) is 7.11. The Morgan fingerprint density at radius 1 is 1.12 bits per heavy atom. The molecule has 1 aliphatic heterocycles. The van der Waals surface area contributed by atoms with E-state index in [0.29, 0.717) is 25.3 Å². The first-order valence-corrected chi connectivity index (χ1v) is 18.6. The van der Waals surface area contributed by atoms with Crippen molar-refractivity contribution in [3.05, 3.63) is 35.2 Å². The lowest BCUT2D eigenvalue weighted by Crippen LogP contribution is -2.50. The second-order valence-corrected chi connectivity index (χ2v) is 15.1.